The third kappa shape index (κ3) is 2.31. The van der Waals surface area contributed by atoms with E-state index in [-0.39, 0.29) is 11.8 Å². The summed E-state index contributed by atoms with van der Waals surface area (Å²) in [6, 6.07) is 8.01. The van der Waals surface area contributed by atoms with Crippen molar-refractivity contribution in [2.45, 2.75) is 38.5 Å². The van der Waals surface area contributed by atoms with E-state index in [1.54, 1.807) is 0 Å². The van der Waals surface area contributed by atoms with Crippen molar-refractivity contribution in [2.75, 3.05) is 17.6 Å². The van der Waals surface area contributed by atoms with Gasteiger partial charge in [0.2, 0.25) is 0 Å². The van der Waals surface area contributed by atoms with Crippen molar-refractivity contribution in [3.8, 4) is 0 Å². The number of hydrogen-bond acceptors (Lipinski definition) is 4. The molecular formula is C18H22N4O. The minimum absolute atomic E-state index is 0.00139. The third-order valence-electron chi connectivity index (χ3n) is 5.12. The molecule has 1 aromatic heterocycles. The summed E-state index contributed by atoms with van der Waals surface area (Å²) in [6.45, 7) is 3.02. The van der Waals surface area contributed by atoms with Gasteiger partial charge in [0.1, 0.15) is 5.82 Å². The molecular weight excluding hydrogens is 288 g/mol. The van der Waals surface area contributed by atoms with Crippen LogP contribution in [0.4, 0.5) is 11.5 Å². The van der Waals surface area contributed by atoms with Gasteiger partial charge in [-0.05, 0) is 43.2 Å². The molecule has 23 heavy (non-hydrogen) atoms. The van der Waals surface area contributed by atoms with E-state index < -0.39 is 0 Å². The summed E-state index contributed by atoms with van der Waals surface area (Å²) in [6.07, 6.45) is 3.74. The lowest BCUT2D eigenvalue weighted by Crippen LogP contribution is -2.28. The highest BCUT2D eigenvalue weighted by Gasteiger charge is 2.31. The van der Waals surface area contributed by atoms with Gasteiger partial charge in [0, 0.05) is 17.8 Å². The highest BCUT2D eigenvalue weighted by molar-refractivity contribution is 5.90. The van der Waals surface area contributed by atoms with Crippen LogP contribution in [0.1, 0.15) is 47.3 Å². The number of nitrogens with two attached hydrogens (primary N) is 1. The van der Waals surface area contributed by atoms with Gasteiger partial charge in [0.15, 0.2) is 0 Å². The van der Waals surface area contributed by atoms with Crippen LogP contribution in [-0.4, -0.2) is 22.2 Å². The maximum atomic E-state index is 13.1. The fraction of sp³-hybridized carbons (Fsp3) is 0.444. The van der Waals surface area contributed by atoms with Crippen LogP contribution in [0.3, 0.4) is 0 Å². The van der Waals surface area contributed by atoms with E-state index in [1.807, 2.05) is 24.3 Å². The molecule has 2 aliphatic rings. The zero-order valence-electron chi connectivity index (χ0n) is 13.4. The van der Waals surface area contributed by atoms with Crippen LogP contribution in [0.5, 0.6) is 0 Å². The number of nitrogen functional groups attached to an aromatic ring is 1. The Hall–Kier alpha value is -2.30. The van der Waals surface area contributed by atoms with Gasteiger partial charge in [0.25, 0.3) is 5.91 Å². The largest absolute Gasteiger partial charge is 0.385 e. The fourth-order valence-electron chi connectivity index (χ4n) is 3.81. The topological polar surface area (TPSA) is 72.9 Å². The normalized spacial score (nSPS) is 22.8. The number of benzene rings is 1. The molecule has 0 radical (unpaired) electrons. The zero-order chi connectivity index (χ0) is 16.0. The van der Waals surface area contributed by atoms with Gasteiger partial charge in [-0.2, -0.15) is 9.78 Å². The van der Waals surface area contributed by atoms with Crippen molar-refractivity contribution >= 4 is 17.4 Å². The minimum Gasteiger partial charge on any atom is -0.385 e. The predicted octanol–water partition coefficient (Wildman–Crippen LogP) is 2.83. The number of hydrogen-bond donors (Lipinski definition) is 2. The lowest BCUT2D eigenvalue weighted by atomic mass is 9.88. The monoisotopic (exact) mass is 310 g/mol. The van der Waals surface area contributed by atoms with E-state index in [2.05, 4.69) is 17.3 Å². The molecule has 0 bridgehead atoms. The standard InChI is InChI=1S/C18H22N4O/c1-11-6-7-16-14(10-11)17(19)22(21-16)18(23)13-8-9-20-15-5-3-2-4-12(13)15/h2-5,11,13,20H,6-10,19H2,1H3. The number of para-hydroxylation sites is 1. The molecule has 1 aliphatic heterocycles. The van der Waals surface area contributed by atoms with E-state index >= 15 is 0 Å². The number of carbonyl (C=O) groups excluding carboxylic acids is 1. The summed E-state index contributed by atoms with van der Waals surface area (Å²) in [5.41, 5.74) is 10.5. The van der Waals surface area contributed by atoms with Gasteiger partial charge in [-0.15, -0.1) is 0 Å². The molecule has 2 atom stereocenters. The molecule has 0 spiro atoms. The number of anilines is 2. The molecule has 4 rings (SSSR count). The molecule has 5 nitrogen and oxygen atoms in total. The Morgan fingerprint density at radius 3 is 3.04 bits per heavy atom. The quantitative estimate of drug-likeness (QED) is 0.849. The molecule has 0 saturated carbocycles. The molecule has 3 N–H and O–H groups in total. The minimum atomic E-state index is -0.173. The number of carbonyl (C=O) groups is 1. The zero-order valence-corrected chi connectivity index (χ0v) is 13.4. The average Bonchev–Trinajstić information content (AvgIpc) is 2.90. The summed E-state index contributed by atoms with van der Waals surface area (Å²) in [7, 11) is 0. The molecule has 0 fully saturated rings. The lowest BCUT2D eigenvalue weighted by Gasteiger charge is -2.25. The fourth-order valence-corrected chi connectivity index (χ4v) is 3.81. The Kier molecular flexibility index (Phi) is 3.36. The van der Waals surface area contributed by atoms with Gasteiger partial charge >= 0.3 is 0 Å². The van der Waals surface area contributed by atoms with Crippen LogP contribution >= 0.6 is 0 Å². The van der Waals surface area contributed by atoms with Crippen molar-refractivity contribution in [3.63, 3.8) is 0 Å². The molecule has 0 saturated heterocycles. The lowest BCUT2D eigenvalue weighted by molar-refractivity contribution is 0.0859. The van der Waals surface area contributed by atoms with Crippen molar-refractivity contribution < 1.29 is 4.79 Å². The molecule has 2 aromatic rings. The van der Waals surface area contributed by atoms with Crippen molar-refractivity contribution in [2.24, 2.45) is 5.92 Å². The summed E-state index contributed by atoms with van der Waals surface area (Å²) in [5, 5.41) is 7.91. The molecule has 0 amide bonds. The first-order chi connectivity index (χ1) is 11.1. The SMILES string of the molecule is CC1CCc2nn(C(=O)C3CCNc4ccccc43)c(N)c2C1. The van der Waals surface area contributed by atoms with Crippen molar-refractivity contribution in [3.05, 3.63) is 41.1 Å². The van der Waals surface area contributed by atoms with Crippen LogP contribution in [0.25, 0.3) is 0 Å². The second-order valence-electron chi connectivity index (χ2n) is 6.76. The maximum Gasteiger partial charge on any atom is 0.256 e. The number of rotatable bonds is 1. The first-order valence-corrected chi connectivity index (χ1v) is 8.38. The van der Waals surface area contributed by atoms with E-state index in [1.165, 1.54) is 4.68 Å². The van der Waals surface area contributed by atoms with Crippen LogP contribution in [-0.2, 0) is 12.8 Å². The summed E-state index contributed by atoms with van der Waals surface area (Å²) >= 11 is 0. The van der Waals surface area contributed by atoms with E-state index in [9.17, 15) is 4.79 Å². The third-order valence-corrected chi connectivity index (χ3v) is 5.12. The van der Waals surface area contributed by atoms with Crippen LogP contribution < -0.4 is 11.1 Å². The number of aryl methyl sites for hydroxylation is 1. The van der Waals surface area contributed by atoms with Crippen molar-refractivity contribution in [1.29, 1.82) is 0 Å². The van der Waals surface area contributed by atoms with Crippen LogP contribution in [0.2, 0.25) is 0 Å². The van der Waals surface area contributed by atoms with E-state index in [4.69, 9.17) is 5.73 Å². The molecule has 1 aliphatic carbocycles. The van der Waals surface area contributed by atoms with Gasteiger partial charge in [-0.3, -0.25) is 4.79 Å². The Morgan fingerprint density at radius 2 is 2.17 bits per heavy atom. The second-order valence-corrected chi connectivity index (χ2v) is 6.76. The maximum absolute atomic E-state index is 13.1. The number of nitrogens with one attached hydrogen (secondary N) is 1. The summed E-state index contributed by atoms with van der Waals surface area (Å²) < 4.78 is 1.47. The Bertz CT molecular complexity index is 764. The van der Waals surface area contributed by atoms with E-state index in [0.717, 1.165) is 54.7 Å². The molecule has 2 unspecified atom stereocenters. The van der Waals surface area contributed by atoms with Crippen LogP contribution in [0, 0.1) is 5.92 Å². The Balaban J connectivity index is 1.71. The first kappa shape index (κ1) is 14.3. The second kappa shape index (κ2) is 5.41. The average molecular weight is 310 g/mol. The predicted molar refractivity (Wildman–Crippen MR) is 90.7 cm³/mol. The number of fused-ring (bicyclic) bond motifs is 2. The highest BCUT2D eigenvalue weighted by atomic mass is 16.2. The van der Waals surface area contributed by atoms with E-state index in [0.29, 0.717) is 11.7 Å². The van der Waals surface area contributed by atoms with Gasteiger partial charge < -0.3 is 11.1 Å². The molecule has 1 aromatic carbocycles. The molecule has 5 heteroatoms. The van der Waals surface area contributed by atoms with Gasteiger partial charge in [0.05, 0.1) is 11.6 Å². The van der Waals surface area contributed by atoms with Gasteiger partial charge in [-0.1, -0.05) is 25.1 Å². The highest BCUT2D eigenvalue weighted by Crippen LogP contribution is 2.35. The van der Waals surface area contributed by atoms with Crippen molar-refractivity contribution in [1.82, 2.24) is 9.78 Å². The summed E-state index contributed by atoms with van der Waals surface area (Å²) in [5.74, 6) is 0.983. The molecule has 2 heterocycles. The Morgan fingerprint density at radius 1 is 1.35 bits per heavy atom. The van der Waals surface area contributed by atoms with Gasteiger partial charge in [-0.25, -0.2) is 0 Å². The number of aromatic nitrogens is 2. The Labute approximate surface area is 135 Å². The number of nitrogens with zero attached hydrogens (tertiary/aromatic N) is 2. The first-order valence-electron chi connectivity index (χ1n) is 8.38. The summed E-state index contributed by atoms with van der Waals surface area (Å²) in [4.78, 5) is 13.1. The van der Waals surface area contributed by atoms with Crippen LogP contribution in [0.15, 0.2) is 24.3 Å². The molecule has 120 valence electrons. The smallest absolute Gasteiger partial charge is 0.256 e.